The summed E-state index contributed by atoms with van der Waals surface area (Å²) in [4.78, 5) is 32.3. The molecule has 0 bridgehead atoms. The van der Waals surface area contributed by atoms with Crippen molar-refractivity contribution >= 4 is 28.4 Å². The second kappa shape index (κ2) is 7.40. The standard InChI is InChI=1S/C25H22N4O2/c1-16(24(30)27-17-8-7-13-26-14-17)29-23(19-10-3-4-11-20(19)25(29)31)21-15-28(2)22-12-6-5-9-18(21)22/h3-16,23H,1-2H3,(H,27,30)/t16-,23+/m1/s1. The first-order valence-electron chi connectivity index (χ1n) is 10.2. The number of para-hydroxylation sites is 1. The minimum Gasteiger partial charge on any atom is -0.350 e. The van der Waals surface area contributed by atoms with Crippen LogP contribution < -0.4 is 5.32 Å². The average molecular weight is 410 g/mol. The van der Waals surface area contributed by atoms with Crippen molar-refractivity contribution < 1.29 is 9.59 Å². The Labute approximate surface area is 180 Å². The number of aryl methyl sites for hydroxylation is 1. The summed E-state index contributed by atoms with van der Waals surface area (Å²) in [7, 11) is 2.00. The number of fused-ring (bicyclic) bond motifs is 2. The van der Waals surface area contributed by atoms with Gasteiger partial charge in [0.05, 0.1) is 17.9 Å². The monoisotopic (exact) mass is 410 g/mol. The van der Waals surface area contributed by atoms with Gasteiger partial charge >= 0.3 is 0 Å². The van der Waals surface area contributed by atoms with Gasteiger partial charge in [-0.25, -0.2) is 0 Å². The van der Waals surface area contributed by atoms with E-state index in [2.05, 4.69) is 33.2 Å². The third-order valence-electron chi connectivity index (χ3n) is 5.95. The van der Waals surface area contributed by atoms with Crippen LogP contribution in [0.15, 0.2) is 79.3 Å². The fraction of sp³-hybridized carbons (Fsp3) is 0.160. The predicted molar refractivity (Wildman–Crippen MR) is 120 cm³/mol. The molecule has 154 valence electrons. The number of carbonyl (C=O) groups excluding carboxylic acids is 2. The molecule has 0 saturated heterocycles. The Morgan fingerprint density at radius 1 is 1.03 bits per heavy atom. The van der Waals surface area contributed by atoms with Crippen molar-refractivity contribution in [3.05, 3.63) is 95.9 Å². The van der Waals surface area contributed by atoms with E-state index in [1.807, 2.05) is 43.4 Å². The number of anilines is 1. The number of pyridine rings is 1. The van der Waals surface area contributed by atoms with Crippen molar-refractivity contribution in [2.24, 2.45) is 7.05 Å². The van der Waals surface area contributed by atoms with Gasteiger partial charge in [0, 0.05) is 41.5 Å². The lowest BCUT2D eigenvalue weighted by Gasteiger charge is -2.30. The molecule has 2 aromatic heterocycles. The van der Waals surface area contributed by atoms with Crippen LogP contribution in [0, 0.1) is 0 Å². The molecule has 2 aromatic carbocycles. The van der Waals surface area contributed by atoms with E-state index >= 15 is 0 Å². The molecular formula is C25H22N4O2. The maximum Gasteiger partial charge on any atom is 0.255 e. The van der Waals surface area contributed by atoms with Gasteiger partial charge in [0.15, 0.2) is 0 Å². The fourth-order valence-corrected chi connectivity index (χ4v) is 4.45. The molecule has 0 saturated carbocycles. The highest BCUT2D eigenvalue weighted by atomic mass is 16.2. The van der Waals surface area contributed by atoms with E-state index in [0.29, 0.717) is 11.3 Å². The molecule has 0 fully saturated rings. The van der Waals surface area contributed by atoms with Crippen LogP contribution in [0.5, 0.6) is 0 Å². The van der Waals surface area contributed by atoms with Crippen LogP contribution in [-0.2, 0) is 11.8 Å². The second-order valence-corrected chi connectivity index (χ2v) is 7.82. The van der Waals surface area contributed by atoms with Crippen molar-refractivity contribution in [2.75, 3.05) is 5.32 Å². The summed E-state index contributed by atoms with van der Waals surface area (Å²) in [5.41, 5.74) is 4.26. The van der Waals surface area contributed by atoms with Crippen molar-refractivity contribution in [2.45, 2.75) is 19.0 Å². The fourth-order valence-electron chi connectivity index (χ4n) is 4.45. The zero-order valence-corrected chi connectivity index (χ0v) is 17.3. The highest BCUT2D eigenvalue weighted by molar-refractivity contribution is 6.05. The topological polar surface area (TPSA) is 67.2 Å². The molecule has 6 nitrogen and oxygen atoms in total. The number of hydrogen-bond donors (Lipinski definition) is 1. The molecule has 6 heteroatoms. The third kappa shape index (κ3) is 3.08. The van der Waals surface area contributed by atoms with Crippen LogP contribution in [-0.4, -0.2) is 32.3 Å². The number of carbonyl (C=O) groups is 2. The van der Waals surface area contributed by atoms with Crippen molar-refractivity contribution in [1.29, 1.82) is 0 Å². The molecule has 5 rings (SSSR count). The Hall–Kier alpha value is -3.93. The molecule has 0 radical (unpaired) electrons. The summed E-state index contributed by atoms with van der Waals surface area (Å²) in [6.45, 7) is 1.77. The molecule has 0 spiro atoms. The first kappa shape index (κ1) is 19.1. The predicted octanol–water partition coefficient (Wildman–Crippen LogP) is 4.15. The summed E-state index contributed by atoms with van der Waals surface area (Å²) in [5, 5.41) is 3.95. The molecule has 0 aliphatic carbocycles. The van der Waals surface area contributed by atoms with Crippen molar-refractivity contribution in [3.8, 4) is 0 Å². The highest BCUT2D eigenvalue weighted by Crippen LogP contribution is 2.42. The smallest absolute Gasteiger partial charge is 0.255 e. The number of aromatic nitrogens is 2. The van der Waals surface area contributed by atoms with Crippen LogP contribution >= 0.6 is 0 Å². The first-order valence-corrected chi connectivity index (χ1v) is 10.2. The number of nitrogens with one attached hydrogen (secondary N) is 1. The number of hydrogen-bond acceptors (Lipinski definition) is 3. The molecule has 1 N–H and O–H groups in total. The molecule has 1 aliphatic rings. The first-order chi connectivity index (χ1) is 15.1. The van der Waals surface area contributed by atoms with E-state index in [0.717, 1.165) is 22.0 Å². The molecule has 2 atom stereocenters. The minimum atomic E-state index is -0.677. The highest BCUT2D eigenvalue weighted by Gasteiger charge is 2.43. The Morgan fingerprint density at radius 2 is 1.81 bits per heavy atom. The summed E-state index contributed by atoms with van der Waals surface area (Å²) < 4.78 is 2.06. The quantitative estimate of drug-likeness (QED) is 0.550. The zero-order valence-electron chi connectivity index (χ0n) is 17.3. The van der Waals surface area contributed by atoms with Gasteiger partial charge in [-0.1, -0.05) is 36.4 Å². The average Bonchev–Trinajstić information content (AvgIpc) is 3.28. The van der Waals surface area contributed by atoms with E-state index in [-0.39, 0.29) is 17.9 Å². The van der Waals surface area contributed by atoms with E-state index in [1.165, 1.54) is 0 Å². The lowest BCUT2D eigenvalue weighted by Crippen LogP contribution is -2.44. The summed E-state index contributed by atoms with van der Waals surface area (Å²) in [6.07, 6.45) is 5.30. The molecule has 31 heavy (non-hydrogen) atoms. The van der Waals surface area contributed by atoms with Gasteiger partial charge < -0.3 is 14.8 Å². The summed E-state index contributed by atoms with van der Waals surface area (Å²) in [6, 6.07) is 18.3. The van der Waals surface area contributed by atoms with Crippen LogP contribution in [0.3, 0.4) is 0 Å². The summed E-state index contributed by atoms with van der Waals surface area (Å²) >= 11 is 0. The van der Waals surface area contributed by atoms with Gasteiger partial charge in [-0.15, -0.1) is 0 Å². The number of nitrogens with zero attached hydrogens (tertiary/aromatic N) is 3. The zero-order chi connectivity index (χ0) is 21.5. The van der Waals surface area contributed by atoms with Crippen LogP contribution in [0.2, 0.25) is 0 Å². The molecular weight excluding hydrogens is 388 g/mol. The molecule has 3 heterocycles. The van der Waals surface area contributed by atoms with E-state index in [9.17, 15) is 9.59 Å². The van der Waals surface area contributed by atoms with Gasteiger partial charge in [0.25, 0.3) is 5.91 Å². The van der Waals surface area contributed by atoms with E-state index in [1.54, 1.807) is 36.4 Å². The SMILES string of the molecule is C[C@H](C(=O)Nc1cccnc1)N1C(=O)c2ccccc2[C@H]1c1cn(C)c2ccccc12. The summed E-state index contributed by atoms with van der Waals surface area (Å²) in [5.74, 6) is -0.387. The van der Waals surface area contributed by atoms with Crippen LogP contribution in [0.1, 0.15) is 34.5 Å². The van der Waals surface area contributed by atoms with E-state index in [4.69, 9.17) is 0 Å². The van der Waals surface area contributed by atoms with Gasteiger partial charge in [-0.2, -0.15) is 0 Å². The Kier molecular flexibility index (Phi) is 4.55. The van der Waals surface area contributed by atoms with Crippen molar-refractivity contribution in [1.82, 2.24) is 14.5 Å². The Morgan fingerprint density at radius 3 is 2.61 bits per heavy atom. The van der Waals surface area contributed by atoms with Gasteiger partial charge in [-0.05, 0) is 36.8 Å². The Bertz CT molecular complexity index is 1300. The van der Waals surface area contributed by atoms with Crippen molar-refractivity contribution in [3.63, 3.8) is 0 Å². The maximum atomic E-state index is 13.4. The number of rotatable bonds is 4. The number of amides is 2. The third-order valence-corrected chi connectivity index (χ3v) is 5.95. The number of benzene rings is 2. The molecule has 0 unspecified atom stereocenters. The van der Waals surface area contributed by atoms with Gasteiger partial charge in [-0.3, -0.25) is 14.6 Å². The molecule has 4 aromatic rings. The molecule has 2 amide bonds. The lowest BCUT2D eigenvalue weighted by molar-refractivity contribution is -0.120. The van der Waals surface area contributed by atoms with Gasteiger partial charge in [0.1, 0.15) is 6.04 Å². The van der Waals surface area contributed by atoms with Gasteiger partial charge in [0.2, 0.25) is 5.91 Å². The second-order valence-electron chi connectivity index (χ2n) is 7.82. The van der Waals surface area contributed by atoms with Crippen LogP contribution in [0.4, 0.5) is 5.69 Å². The largest absolute Gasteiger partial charge is 0.350 e. The minimum absolute atomic E-state index is 0.137. The molecule has 1 aliphatic heterocycles. The maximum absolute atomic E-state index is 13.4. The Balaban J connectivity index is 1.60. The lowest BCUT2D eigenvalue weighted by atomic mass is 9.97. The van der Waals surface area contributed by atoms with Crippen LogP contribution in [0.25, 0.3) is 10.9 Å². The normalized spacial score (nSPS) is 16.4. The van der Waals surface area contributed by atoms with E-state index < -0.39 is 6.04 Å².